The SMILES string of the molecule is O=C1CC[C@@H](Cn2cnc3c(N4CCOCC4)cc(Cl)nc32)N1. The van der Waals surface area contributed by atoms with Crippen molar-refractivity contribution >= 4 is 34.4 Å². The number of nitrogens with one attached hydrogen (secondary N) is 1. The van der Waals surface area contributed by atoms with Gasteiger partial charge in [0, 0.05) is 38.2 Å². The number of ether oxygens (including phenoxy) is 1. The summed E-state index contributed by atoms with van der Waals surface area (Å²) in [7, 11) is 0. The van der Waals surface area contributed by atoms with Crippen LogP contribution in [0.4, 0.5) is 5.69 Å². The van der Waals surface area contributed by atoms with E-state index in [-0.39, 0.29) is 11.9 Å². The van der Waals surface area contributed by atoms with Crippen LogP contribution in [0.3, 0.4) is 0 Å². The summed E-state index contributed by atoms with van der Waals surface area (Å²) in [5.41, 5.74) is 2.61. The van der Waals surface area contributed by atoms with Crippen molar-refractivity contribution < 1.29 is 9.53 Å². The summed E-state index contributed by atoms with van der Waals surface area (Å²) >= 11 is 6.23. The van der Waals surface area contributed by atoms with E-state index in [0.29, 0.717) is 31.3 Å². The molecule has 0 aliphatic carbocycles. The Bertz CT molecular complexity index is 741. The third-order valence-electron chi connectivity index (χ3n) is 4.38. The van der Waals surface area contributed by atoms with Gasteiger partial charge in [-0.15, -0.1) is 0 Å². The molecule has 2 aromatic heterocycles. The molecule has 1 amide bonds. The lowest BCUT2D eigenvalue weighted by Gasteiger charge is -2.29. The zero-order chi connectivity index (χ0) is 15.8. The highest BCUT2D eigenvalue weighted by atomic mass is 35.5. The average Bonchev–Trinajstić information content (AvgIpc) is 3.15. The van der Waals surface area contributed by atoms with Crippen LogP contribution >= 0.6 is 11.6 Å². The molecule has 0 bridgehead atoms. The molecule has 0 saturated carbocycles. The fourth-order valence-electron chi connectivity index (χ4n) is 3.22. The summed E-state index contributed by atoms with van der Waals surface area (Å²) in [5, 5.41) is 3.43. The van der Waals surface area contributed by atoms with E-state index >= 15 is 0 Å². The van der Waals surface area contributed by atoms with Crippen molar-refractivity contribution in [1.82, 2.24) is 19.9 Å². The van der Waals surface area contributed by atoms with E-state index < -0.39 is 0 Å². The smallest absolute Gasteiger partial charge is 0.220 e. The second-order valence-corrected chi connectivity index (χ2v) is 6.32. The third-order valence-corrected chi connectivity index (χ3v) is 4.57. The normalized spacial score (nSPS) is 21.9. The van der Waals surface area contributed by atoms with Crippen LogP contribution in [0.5, 0.6) is 0 Å². The summed E-state index contributed by atoms with van der Waals surface area (Å²) in [6, 6.07) is 2.00. The van der Waals surface area contributed by atoms with E-state index in [0.717, 1.165) is 36.4 Å². The molecule has 8 heteroatoms. The zero-order valence-electron chi connectivity index (χ0n) is 12.7. The van der Waals surface area contributed by atoms with Gasteiger partial charge >= 0.3 is 0 Å². The van der Waals surface area contributed by atoms with Crippen LogP contribution in [0, 0.1) is 0 Å². The molecule has 4 heterocycles. The highest BCUT2D eigenvalue weighted by Gasteiger charge is 2.23. The molecular weight excluding hydrogens is 318 g/mol. The van der Waals surface area contributed by atoms with Gasteiger partial charge in [-0.3, -0.25) is 4.79 Å². The molecule has 23 heavy (non-hydrogen) atoms. The number of pyridine rings is 1. The average molecular weight is 336 g/mol. The lowest BCUT2D eigenvalue weighted by atomic mass is 10.2. The first kappa shape index (κ1) is 14.7. The van der Waals surface area contributed by atoms with Crippen LogP contribution < -0.4 is 10.2 Å². The van der Waals surface area contributed by atoms with Gasteiger partial charge in [0.1, 0.15) is 10.7 Å². The zero-order valence-corrected chi connectivity index (χ0v) is 13.4. The van der Waals surface area contributed by atoms with Gasteiger partial charge in [0.15, 0.2) is 5.65 Å². The molecule has 0 aromatic carbocycles. The molecule has 0 unspecified atom stereocenters. The number of amides is 1. The van der Waals surface area contributed by atoms with Crippen LogP contribution in [-0.2, 0) is 16.1 Å². The number of aromatic nitrogens is 3. The molecule has 2 aliphatic heterocycles. The molecule has 7 nitrogen and oxygen atoms in total. The standard InChI is InChI=1S/C15H18ClN5O2/c16-12-7-11(20-3-5-23-6-4-20)14-15(19-12)21(9-17-14)8-10-1-2-13(22)18-10/h7,9-10H,1-6,8H2,(H,18,22)/t10-/m0/s1. The Kier molecular flexibility index (Phi) is 3.82. The van der Waals surface area contributed by atoms with Crippen molar-refractivity contribution in [2.24, 2.45) is 0 Å². The Hall–Kier alpha value is -1.86. The van der Waals surface area contributed by atoms with Gasteiger partial charge < -0.3 is 19.5 Å². The van der Waals surface area contributed by atoms with E-state index in [9.17, 15) is 4.79 Å². The number of carbonyl (C=O) groups excluding carboxylic acids is 1. The first-order valence-electron chi connectivity index (χ1n) is 7.84. The van der Waals surface area contributed by atoms with E-state index in [1.807, 2.05) is 10.6 Å². The Morgan fingerprint density at radius 3 is 2.96 bits per heavy atom. The summed E-state index contributed by atoms with van der Waals surface area (Å²) in [6.07, 6.45) is 3.21. The number of hydrogen-bond acceptors (Lipinski definition) is 5. The minimum absolute atomic E-state index is 0.111. The molecule has 4 rings (SSSR count). The second-order valence-electron chi connectivity index (χ2n) is 5.94. The van der Waals surface area contributed by atoms with E-state index in [4.69, 9.17) is 16.3 Å². The molecule has 0 spiro atoms. The van der Waals surface area contributed by atoms with E-state index in [1.54, 1.807) is 6.33 Å². The lowest BCUT2D eigenvalue weighted by molar-refractivity contribution is -0.119. The Labute approximate surface area is 138 Å². The summed E-state index contributed by atoms with van der Waals surface area (Å²) < 4.78 is 7.38. The fraction of sp³-hybridized carbons (Fsp3) is 0.533. The Morgan fingerprint density at radius 2 is 2.22 bits per heavy atom. The van der Waals surface area contributed by atoms with Gasteiger partial charge in [-0.05, 0) is 6.42 Å². The van der Waals surface area contributed by atoms with Crippen molar-refractivity contribution in [3.8, 4) is 0 Å². The maximum absolute atomic E-state index is 11.4. The maximum atomic E-state index is 11.4. The van der Waals surface area contributed by atoms with Gasteiger partial charge in [-0.25, -0.2) is 9.97 Å². The van der Waals surface area contributed by atoms with Crippen molar-refractivity contribution in [3.05, 3.63) is 17.5 Å². The number of fused-ring (bicyclic) bond motifs is 1. The minimum Gasteiger partial charge on any atom is -0.378 e. The van der Waals surface area contributed by atoms with Crippen LogP contribution in [-0.4, -0.2) is 52.8 Å². The van der Waals surface area contributed by atoms with Crippen LogP contribution in [0.1, 0.15) is 12.8 Å². The monoisotopic (exact) mass is 335 g/mol. The molecule has 2 aliphatic rings. The number of halogens is 1. The van der Waals surface area contributed by atoms with Crippen molar-refractivity contribution in [1.29, 1.82) is 0 Å². The van der Waals surface area contributed by atoms with Gasteiger partial charge in [0.25, 0.3) is 0 Å². The quantitative estimate of drug-likeness (QED) is 0.853. The Balaban J connectivity index is 1.68. The van der Waals surface area contributed by atoms with E-state index in [2.05, 4.69) is 20.2 Å². The first-order valence-corrected chi connectivity index (χ1v) is 8.22. The van der Waals surface area contributed by atoms with E-state index in [1.165, 1.54) is 0 Å². The number of morpholine rings is 1. The fourth-order valence-corrected chi connectivity index (χ4v) is 3.40. The third kappa shape index (κ3) is 2.86. The number of carbonyl (C=O) groups is 1. The topological polar surface area (TPSA) is 72.3 Å². The van der Waals surface area contributed by atoms with Crippen molar-refractivity contribution in [2.45, 2.75) is 25.4 Å². The number of nitrogens with zero attached hydrogens (tertiary/aromatic N) is 4. The molecule has 2 aromatic rings. The van der Waals surface area contributed by atoms with Crippen LogP contribution in [0.2, 0.25) is 5.15 Å². The first-order chi connectivity index (χ1) is 11.2. The summed E-state index contributed by atoms with van der Waals surface area (Å²) in [6.45, 7) is 3.71. The van der Waals surface area contributed by atoms with Gasteiger partial charge in [0.05, 0.1) is 25.2 Å². The minimum atomic E-state index is 0.111. The van der Waals surface area contributed by atoms with Gasteiger partial charge in [0.2, 0.25) is 5.91 Å². The van der Waals surface area contributed by atoms with Crippen LogP contribution in [0.25, 0.3) is 11.2 Å². The Morgan fingerprint density at radius 1 is 1.39 bits per heavy atom. The number of hydrogen-bond donors (Lipinski definition) is 1. The number of rotatable bonds is 3. The lowest BCUT2D eigenvalue weighted by Crippen LogP contribution is -2.36. The molecular formula is C15H18ClN5O2. The molecule has 2 saturated heterocycles. The largest absolute Gasteiger partial charge is 0.378 e. The molecule has 0 radical (unpaired) electrons. The predicted molar refractivity (Wildman–Crippen MR) is 86.7 cm³/mol. The van der Waals surface area contributed by atoms with Crippen molar-refractivity contribution in [3.63, 3.8) is 0 Å². The molecule has 2 fully saturated rings. The predicted octanol–water partition coefficient (Wildman–Crippen LogP) is 1.20. The molecule has 1 atom stereocenters. The highest BCUT2D eigenvalue weighted by Crippen LogP contribution is 2.28. The highest BCUT2D eigenvalue weighted by molar-refractivity contribution is 6.30. The van der Waals surface area contributed by atoms with Crippen LogP contribution in [0.15, 0.2) is 12.4 Å². The molecule has 1 N–H and O–H groups in total. The second kappa shape index (κ2) is 5.98. The van der Waals surface area contributed by atoms with Gasteiger partial charge in [-0.2, -0.15) is 0 Å². The molecule has 122 valence electrons. The summed E-state index contributed by atoms with van der Waals surface area (Å²) in [5.74, 6) is 0.111. The summed E-state index contributed by atoms with van der Waals surface area (Å²) in [4.78, 5) is 22.6. The number of imidazole rings is 1. The number of anilines is 1. The van der Waals surface area contributed by atoms with Crippen molar-refractivity contribution in [2.75, 3.05) is 31.2 Å². The van der Waals surface area contributed by atoms with Gasteiger partial charge in [-0.1, -0.05) is 11.6 Å². The maximum Gasteiger partial charge on any atom is 0.220 e.